The average Bonchev–Trinajstić information content (AvgIpc) is 2.49. The van der Waals surface area contributed by atoms with Crippen molar-refractivity contribution in [1.29, 1.82) is 0 Å². The molecule has 0 heterocycles. The summed E-state index contributed by atoms with van der Waals surface area (Å²) in [5.41, 5.74) is 5.45. The van der Waals surface area contributed by atoms with Crippen molar-refractivity contribution < 1.29 is 19.5 Å². The van der Waals surface area contributed by atoms with Gasteiger partial charge in [-0.1, -0.05) is 31.9 Å². The Bertz CT molecular complexity index is 548. The molecule has 0 radical (unpaired) electrons. The first kappa shape index (κ1) is 18.0. The number of thioether (sulfide) groups is 1. The van der Waals surface area contributed by atoms with Crippen molar-refractivity contribution >= 4 is 29.5 Å². The highest BCUT2D eigenvalue weighted by atomic mass is 32.2. The number of hydrogen-bond acceptors (Lipinski definition) is 4. The molecule has 0 aliphatic heterocycles. The van der Waals surface area contributed by atoms with Gasteiger partial charge in [0.25, 0.3) is 5.91 Å². The maximum Gasteiger partial charge on any atom is 0.326 e. The van der Waals surface area contributed by atoms with E-state index in [0.29, 0.717) is 16.9 Å². The number of amides is 2. The molecule has 1 atom stereocenters. The average molecular weight is 324 g/mol. The van der Waals surface area contributed by atoms with Gasteiger partial charge in [0.15, 0.2) is 0 Å². The van der Waals surface area contributed by atoms with Gasteiger partial charge in [0.05, 0.1) is 11.3 Å². The molecule has 0 saturated heterocycles. The van der Waals surface area contributed by atoms with Crippen LogP contribution in [-0.4, -0.2) is 34.7 Å². The molecule has 4 N–H and O–H groups in total. The second-order valence-corrected chi connectivity index (χ2v) is 5.77. The van der Waals surface area contributed by atoms with Crippen LogP contribution < -0.4 is 11.1 Å². The van der Waals surface area contributed by atoms with Gasteiger partial charge in [-0.15, -0.1) is 11.8 Å². The van der Waals surface area contributed by atoms with Crippen LogP contribution >= 0.6 is 11.8 Å². The monoisotopic (exact) mass is 324 g/mol. The first-order chi connectivity index (χ1) is 10.5. The number of unbranched alkanes of at least 4 members (excludes halogenated alkanes) is 1. The first-order valence-electron chi connectivity index (χ1n) is 6.99. The Morgan fingerprint density at radius 2 is 2.00 bits per heavy atom. The molecule has 0 bridgehead atoms. The number of carbonyl (C=O) groups excluding carboxylic acids is 2. The molecule has 0 fully saturated rings. The molecular formula is C15H20N2O4S. The van der Waals surface area contributed by atoms with Crippen molar-refractivity contribution in [1.82, 2.24) is 5.32 Å². The number of hydrogen-bond donors (Lipinski definition) is 3. The Kier molecular flexibility index (Phi) is 7.45. The standard InChI is InChI=1S/C15H20N2O4S/c1-2-3-7-11(15(20)21)17-14(19)10-6-4-5-8-12(10)22-9-13(16)18/h4-6,8,11H,2-3,7,9H2,1H3,(H2,16,18)(H,17,19)(H,20,21). The lowest BCUT2D eigenvalue weighted by atomic mass is 10.1. The van der Waals surface area contributed by atoms with E-state index in [-0.39, 0.29) is 5.75 Å². The molecule has 1 rings (SSSR count). The normalized spacial score (nSPS) is 11.7. The maximum atomic E-state index is 12.3. The number of rotatable bonds is 9. The van der Waals surface area contributed by atoms with E-state index in [1.807, 2.05) is 6.92 Å². The number of carboxylic acids is 1. The largest absolute Gasteiger partial charge is 0.480 e. The lowest BCUT2D eigenvalue weighted by molar-refractivity contribution is -0.139. The Hall–Kier alpha value is -2.02. The third-order valence-electron chi connectivity index (χ3n) is 2.95. The molecule has 1 aromatic rings. The zero-order valence-electron chi connectivity index (χ0n) is 12.4. The predicted octanol–water partition coefficient (Wildman–Crippen LogP) is 1.64. The molecule has 6 nitrogen and oxygen atoms in total. The fourth-order valence-corrected chi connectivity index (χ4v) is 2.62. The molecule has 0 aliphatic rings. The molecule has 0 aromatic heterocycles. The topological polar surface area (TPSA) is 109 Å². The van der Waals surface area contributed by atoms with Gasteiger partial charge in [0.1, 0.15) is 6.04 Å². The summed E-state index contributed by atoms with van der Waals surface area (Å²) in [5.74, 6) is -1.94. The van der Waals surface area contributed by atoms with E-state index >= 15 is 0 Å². The highest BCUT2D eigenvalue weighted by Crippen LogP contribution is 2.22. The molecule has 7 heteroatoms. The number of benzene rings is 1. The Morgan fingerprint density at radius 1 is 1.32 bits per heavy atom. The number of aliphatic carboxylic acids is 1. The van der Waals surface area contributed by atoms with Crippen molar-refractivity contribution in [3.63, 3.8) is 0 Å². The SMILES string of the molecule is CCCCC(NC(=O)c1ccccc1SCC(N)=O)C(=O)O. The Labute approximate surface area is 133 Å². The van der Waals surface area contributed by atoms with Gasteiger partial charge >= 0.3 is 5.97 Å². The summed E-state index contributed by atoms with van der Waals surface area (Å²) in [4.78, 5) is 34.9. The maximum absolute atomic E-state index is 12.3. The van der Waals surface area contributed by atoms with Gasteiger partial charge in [-0.2, -0.15) is 0 Å². The zero-order valence-corrected chi connectivity index (χ0v) is 13.2. The van der Waals surface area contributed by atoms with Crippen molar-refractivity contribution in [3.8, 4) is 0 Å². The minimum Gasteiger partial charge on any atom is -0.480 e. The van der Waals surface area contributed by atoms with Gasteiger partial charge < -0.3 is 16.2 Å². The summed E-state index contributed by atoms with van der Waals surface area (Å²) in [6.45, 7) is 1.95. The van der Waals surface area contributed by atoms with Crippen molar-refractivity contribution in [2.75, 3.05) is 5.75 Å². The summed E-state index contributed by atoms with van der Waals surface area (Å²) in [5, 5.41) is 11.7. The van der Waals surface area contributed by atoms with Crippen LogP contribution in [0.15, 0.2) is 29.2 Å². The third kappa shape index (κ3) is 5.77. The van der Waals surface area contributed by atoms with Gasteiger partial charge in [-0.3, -0.25) is 9.59 Å². The second kappa shape index (κ2) is 9.09. The number of carbonyl (C=O) groups is 3. The Morgan fingerprint density at radius 3 is 2.59 bits per heavy atom. The lowest BCUT2D eigenvalue weighted by Gasteiger charge is -2.15. The molecule has 1 unspecified atom stereocenters. The van der Waals surface area contributed by atoms with E-state index in [9.17, 15) is 14.4 Å². The van der Waals surface area contributed by atoms with Crippen LogP contribution in [0.3, 0.4) is 0 Å². The Balaban J connectivity index is 2.83. The van der Waals surface area contributed by atoms with Crippen LogP contribution in [0.1, 0.15) is 36.5 Å². The van der Waals surface area contributed by atoms with Crippen molar-refractivity contribution in [3.05, 3.63) is 29.8 Å². The highest BCUT2D eigenvalue weighted by molar-refractivity contribution is 8.00. The fourth-order valence-electron chi connectivity index (χ4n) is 1.83. The predicted molar refractivity (Wildman–Crippen MR) is 84.8 cm³/mol. The van der Waals surface area contributed by atoms with E-state index in [1.165, 1.54) is 0 Å². The van der Waals surface area contributed by atoms with Crippen LogP contribution in [0, 0.1) is 0 Å². The second-order valence-electron chi connectivity index (χ2n) is 4.76. The van der Waals surface area contributed by atoms with Crippen LogP contribution in [0.2, 0.25) is 0 Å². The van der Waals surface area contributed by atoms with Crippen LogP contribution in [0.5, 0.6) is 0 Å². The lowest BCUT2D eigenvalue weighted by Crippen LogP contribution is -2.40. The van der Waals surface area contributed by atoms with Gasteiger partial charge in [-0.25, -0.2) is 4.79 Å². The smallest absolute Gasteiger partial charge is 0.326 e. The highest BCUT2D eigenvalue weighted by Gasteiger charge is 2.21. The summed E-state index contributed by atoms with van der Waals surface area (Å²) in [7, 11) is 0. The molecule has 120 valence electrons. The minimum atomic E-state index is -1.05. The van der Waals surface area contributed by atoms with E-state index in [0.717, 1.165) is 24.6 Å². The zero-order chi connectivity index (χ0) is 16.5. The van der Waals surface area contributed by atoms with Crippen molar-refractivity contribution in [2.45, 2.75) is 37.1 Å². The van der Waals surface area contributed by atoms with Crippen LogP contribution in [-0.2, 0) is 9.59 Å². The fraction of sp³-hybridized carbons (Fsp3) is 0.400. The van der Waals surface area contributed by atoms with Gasteiger partial charge in [0.2, 0.25) is 5.91 Å². The number of nitrogens with one attached hydrogen (secondary N) is 1. The van der Waals surface area contributed by atoms with E-state index in [1.54, 1.807) is 24.3 Å². The molecule has 0 aliphatic carbocycles. The van der Waals surface area contributed by atoms with E-state index in [2.05, 4.69) is 5.32 Å². The van der Waals surface area contributed by atoms with Gasteiger partial charge in [0, 0.05) is 4.90 Å². The minimum absolute atomic E-state index is 0.0580. The molecule has 0 saturated carbocycles. The number of carboxylic acid groups (broad SMARTS) is 1. The van der Waals surface area contributed by atoms with E-state index < -0.39 is 23.8 Å². The molecule has 1 aromatic carbocycles. The molecule has 2 amide bonds. The first-order valence-corrected chi connectivity index (χ1v) is 7.98. The number of primary amides is 1. The third-order valence-corrected chi connectivity index (χ3v) is 4.05. The van der Waals surface area contributed by atoms with E-state index in [4.69, 9.17) is 10.8 Å². The quantitative estimate of drug-likeness (QED) is 0.598. The summed E-state index contributed by atoms with van der Waals surface area (Å²) >= 11 is 1.15. The van der Waals surface area contributed by atoms with Crippen LogP contribution in [0.25, 0.3) is 0 Å². The van der Waals surface area contributed by atoms with Crippen molar-refractivity contribution in [2.24, 2.45) is 5.73 Å². The van der Waals surface area contributed by atoms with Gasteiger partial charge in [-0.05, 0) is 18.6 Å². The summed E-state index contributed by atoms with van der Waals surface area (Å²) in [6, 6.07) is 5.81. The molecular weight excluding hydrogens is 304 g/mol. The summed E-state index contributed by atoms with van der Waals surface area (Å²) < 4.78 is 0. The molecule has 22 heavy (non-hydrogen) atoms. The molecule has 0 spiro atoms. The number of nitrogens with two attached hydrogens (primary N) is 1. The van der Waals surface area contributed by atoms with Crippen LogP contribution in [0.4, 0.5) is 0 Å². The summed E-state index contributed by atoms with van der Waals surface area (Å²) in [6.07, 6.45) is 1.95.